The highest BCUT2D eigenvalue weighted by Gasteiger charge is 2.36. The second-order valence-corrected chi connectivity index (χ2v) is 6.86. The topological polar surface area (TPSA) is 84.9 Å². The van der Waals surface area contributed by atoms with Gasteiger partial charge < -0.3 is 19.7 Å². The number of carbonyl (C=O) groups excluding carboxylic acids is 3. The van der Waals surface area contributed by atoms with Crippen LogP contribution in [0.2, 0.25) is 0 Å². The predicted molar refractivity (Wildman–Crippen MR) is 109 cm³/mol. The molecule has 1 aliphatic heterocycles. The maximum absolute atomic E-state index is 12.3. The Morgan fingerprint density at radius 3 is 2.62 bits per heavy atom. The Morgan fingerprint density at radius 2 is 1.93 bits per heavy atom. The van der Waals surface area contributed by atoms with Crippen molar-refractivity contribution in [3.63, 3.8) is 0 Å². The zero-order chi connectivity index (χ0) is 20.8. The zero-order valence-corrected chi connectivity index (χ0v) is 16.5. The van der Waals surface area contributed by atoms with Gasteiger partial charge in [0.25, 0.3) is 5.91 Å². The van der Waals surface area contributed by atoms with Crippen LogP contribution in [0.25, 0.3) is 0 Å². The Kier molecular flexibility index (Phi) is 6.49. The SMILES string of the molecule is CCOc1ccc(N2C[C@H](C(=O)OCC(=O)Nc3cccc(C)c3)CC2=O)cc1. The molecule has 1 saturated heterocycles. The number of nitrogens with zero attached hydrogens (tertiary/aromatic N) is 1. The summed E-state index contributed by atoms with van der Waals surface area (Å²) in [6.07, 6.45) is 0.0611. The molecule has 2 aromatic carbocycles. The van der Waals surface area contributed by atoms with Crippen LogP contribution in [0.15, 0.2) is 48.5 Å². The van der Waals surface area contributed by atoms with Gasteiger partial charge in [0.15, 0.2) is 6.61 Å². The highest BCUT2D eigenvalue weighted by atomic mass is 16.5. The molecule has 0 aliphatic carbocycles. The molecule has 0 aromatic heterocycles. The van der Waals surface area contributed by atoms with E-state index in [1.165, 1.54) is 0 Å². The quantitative estimate of drug-likeness (QED) is 0.728. The van der Waals surface area contributed by atoms with Crippen molar-refractivity contribution in [2.45, 2.75) is 20.3 Å². The molecule has 0 saturated carbocycles. The molecule has 1 N–H and O–H groups in total. The number of anilines is 2. The van der Waals surface area contributed by atoms with E-state index in [0.29, 0.717) is 18.0 Å². The van der Waals surface area contributed by atoms with Gasteiger partial charge in [-0.2, -0.15) is 0 Å². The first-order valence-corrected chi connectivity index (χ1v) is 9.52. The Hall–Kier alpha value is -3.35. The number of carbonyl (C=O) groups is 3. The van der Waals surface area contributed by atoms with Gasteiger partial charge in [0.1, 0.15) is 5.75 Å². The third-order valence-electron chi connectivity index (χ3n) is 4.57. The van der Waals surface area contributed by atoms with Crippen LogP contribution in [0, 0.1) is 12.8 Å². The van der Waals surface area contributed by atoms with Crippen LogP contribution in [0.3, 0.4) is 0 Å². The lowest BCUT2D eigenvalue weighted by atomic mass is 10.1. The molecule has 1 heterocycles. The van der Waals surface area contributed by atoms with Gasteiger partial charge in [0, 0.05) is 24.3 Å². The van der Waals surface area contributed by atoms with E-state index in [2.05, 4.69) is 5.32 Å². The highest BCUT2D eigenvalue weighted by molar-refractivity contribution is 6.00. The lowest BCUT2D eigenvalue weighted by Gasteiger charge is -2.17. The van der Waals surface area contributed by atoms with E-state index in [9.17, 15) is 14.4 Å². The average Bonchev–Trinajstić information content (AvgIpc) is 3.09. The summed E-state index contributed by atoms with van der Waals surface area (Å²) in [6.45, 7) is 4.22. The molecule has 2 aromatic rings. The largest absolute Gasteiger partial charge is 0.494 e. The molecule has 0 unspecified atom stereocenters. The van der Waals surface area contributed by atoms with Crippen LogP contribution in [0.5, 0.6) is 5.75 Å². The van der Waals surface area contributed by atoms with E-state index in [0.717, 1.165) is 11.3 Å². The highest BCUT2D eigenvalue weighted by Crippen LogP contribution is 2.27. The maximum atomic E-state index is 12.3. The summed E-state index contributed by atoms with van der Waals surface area (Å²) in [6, 6.07) is 14.5. The van der Waals surface area contributed by atoms with Gasteiger partial charge in [-0.3, -0.25) is 14.4 Å². The van der Waals surface area contributed by atoms with E-state index in [4.69, 9.17) is 9.47 Å². The van der Waals surface area contributed by atoms with Crippen LogP contribution in [-0.4, -0.2) is 37.5 Å². The second kappa shape index (κ2) is 9.23. The monoisotopic (exact) mass is 396 g/mol. The van der Waals surface area contributed by atoms with E-state index in [1.807, 2.05) is 32.0 Å². The molecular weight excluding hydrogens is 372 g/mol. The van der Waals surface area contributed by atoms with Crippen molar-refractivity contribution >= 4 is 29.2 Å². The minimum atomic E-state index is -0.596. The van der Waals surface area contributed by atoms with Crippen LogP contribution in [-0.2, 0) is 19.1 Å². The van der Waals surface area contributed by atoms with Gasteiger partial charge in [-0.15, -0.1) is 0 Å². The standard InChI is InChI=1S/C22H24N2O5/c1-3-28-19-9-7-18(8-10-19)24-13-16(12-21(24)26)22(27)29-14-20(25)23-17-6-4-5-15(2)11-17/h4-11,16H,3,12-14H2,1-2H3,(H,23,25)/t16-/m1/s1. The Balaban J connectivity index is 1.51. The number of ether oxygens (including phenoxy) is 2. The van der Waals surface area contributed by atoms with E-state index in [1.54, 1.807) is 35.2 Å². The fourth-order valence-corrected chi connectivity index (χ4v) is 3.18. The molecule has 0 spiro atoms. The second-order valence-electron chi connectivity index (χ2n) is 6.86. The van der Waals surface area contributed by atoms with E-state index < -0.39 is 17.8 Å². The van der Waals surface area contributed by atoms with Crippen molar-refractivity contribution in [1.82, 2.24) is 0 Å². The van der Waals surface area contributed by atoms with Crippen molar-refractivity contribution in [1.29, 1.82) is 0 Å². The predicted octanol–water partition coefficient (Wildman–Crippen LogP) is 2.93. The van der Waals surface area contributed by atoms with Crippen LogP contribution < -0.4 is 15.0 Å². The first-order chi connectivity index (χ1) is 14.0. The Morgan fingerprint density at radius 1 is 1.17 bits per heavy atom. The molecule has 7 nitrogen and oxygen atoms in total. The molecule has 0 bridgehead atoms. The van der Waals surface area contributed by atoms with Crippen molar-refractivity contribution in [3.05, 3.63) is 54.1 Å². The number of hydrogen-bond donors (Lipinski definition) is 1. The van der Waals surface area contributed by atoms with Crippen molar-refractivity contribution in [2.24, 2.45) is 5.92 Å². The third-order valence-corrected chi connectivity index (χ3v) is 4.57. The molecule has 152 valence electrons. The summed E-state index contributed by atoms with van der Waals surface area (Å²) in [5.41, 5.74) is 2.35. The van der Waals surface area contributed by atoms with Crippen molar-refractivity contribution < 1.29 is 23.9 Å². The van der Waals surface area contributed by atoms with Gasteiger partial charge in [0.05, 0.1) is 12.5 Å². The third kappa shape index (κ3) is 5.34. The minimum Gasteiger partial charge on any atom is -0.494 e. The first kappa shape index (κ1) is 20.4. The number of esters is 1. The summed E-state index contributed by atoms with van der Waals surface area (Å²) in [5.74, 6) is -0.998. The number of benzene rings is 2. The molecule has 3 rings (SSSR count). The summed E-state index contributed by atoms with van der Waals surface area (Å²) in [4.78, 5) is 38.2. The Bertz CT molecular complexity index is 894. The van der Waals surface area contributed by atoms with E-state index in [-0.39, 0.29) is 25.5 Å². The summed E-state index contributed by atoms with van der Waals surface area (Å²) < 4.78 is 10.5. The number of rotatable bonds is 7. The normalized spacial score (nSPS) is 15.9. The molecular formula is C22H24N2O5. The molecule has 1 fully saturated rings. The molecule has 1 atom stereocenters. The zero-order valence-electron chi connectivity index (χ0n) is 16.5. The van der Waals surface area contributed by atoms with E-state index >= 15 is 0 Å². The number of amides is 2. The average molecular weight is 396 g/mol. The van der Waals surface area contributed by atoms with Crippen molar-refractivity contribution in [2.75, 3.05) is 30.0 Å². The van der Waals surface area contributed by atoms with Crippen LogP contribution in [0.1, 0.15) is 18.9 Å². The number of aryl methyl sites for hydroxylation is 1. The Labute approximate surface area is 169 Å². The molecule has 29 heavy (non-hydrogen) atoms. The number of hydrogen-bond acceptors (Lipinski definition) is 5. The molecule has 7 heteroatoms. The lowest BCUT2D eigenvalue weighted by Crippen LogP contribution is -2.28. The fraction of sp³-hybridized carbons (Fsp3) is 0.318. The molecule has 0 radical (unpaired) electrons. The minimum absolute atomic E-state index is 0.0611. The van der Waals surface area contributed by atoms with Gasteiger partial charge in [-0.25, -0.2) is 0 Å². The maximum Gasteiger partial charge on any atom is 0.311 e. The fourth-order valence-electron chi connectivity index (χ4n) is 3.18. The lowest BCUT2D eigenvalue weighted by molar-refractivity contribution is -0.151. The van der Waals surface area contributed by atoms with Gasteiger partial charge in [-0.05, 0) is 55.8 Å². The van der Waals surface area contributed by atoms with Gasteiger partial charge in [-0.1, -0.05) is 12.1 Å². The number of nitrogens with one attached hydrogen (secondary N) is 1. The van der Waals surface area contributed by atoms with Gasteiger partial charge >= 0.3 is 5.97 Å². The summed E-state index contributed by atoms with van der Waals surface area (Å²) in [5, 5.41) is 2.68. The first-order valence-electron chi connectivity index (χ1n) is 9.52. The van der Waals surface area contributed by atoms with Crippen LogP contribution in [0.4, 0.5) is 11.4 Å². The molecule has 1 aliphatic rings. The van der Waals surface area contributed by atoms with Crippen LogP contribution >= 0.6 is 0 Å². The molecule has 2 amide bonds. The summed E-state index contributed by atoms with van der Waals surface area (Å²) >= 11 is 0. The van der Waals surface area contributed by atoms with Crippen molar-refractivity contribution in [3.8, 4) is 5.75 Å². The summed E-state index contributed by atoms with van der Waals surface area (Å²) in [7, 11) is 0. The van der Waals surface area contributed by atoms with Gasteiger partial charge in [0.2, 0.25) is 5.91 Å². The smallest absolute Gasteiger partial charge is 0.311 e.